The average molecular weight is 187 g/mol. The van der Waals surface area contributed by atoms with E-state index >= 15 is 0 Å². The largest absolute Gasteiger partial charge is 0.481 e. The van der Waals surface area contributed by atoms with Crippen LogP contribution in [0.1, 0.15) is 10.6 Å². The van der Waals surface area contributed by atoms with Crippen molar-refractivity contribution < 1.29 is 14.6 Å². The van der Waals surface area contributed by atoms with Crippen LogP contribution < -0.4 is 0 Å². The number of rotatable bonds is 4. The molecular formula is C7H9NO3S. The van der Waals surface area contributed by atoms with Crippen LogP contribution in [-0.4, -0.2) is 22.6 Å². The maximum Gasteiger partial charge on any atom is 0.308 e. The lowest BCUT2D eigenvalue weighted by atomic mass is 10.3. The van der Waals surface area contributed by atoms with Crippen LogP contribution in [0.5, 0.6) is 0 Å². The Hall–Kier alpha value is -0.940. The molecule has 1 aromatic rings. The number of aromatic nitrogens is 1. The Morgan fingerprint density at radius 3 is 3.17 bits per heavy atom. The lowest BCUT2D eigenvalue weighted by Gasteiger charge is -1.89. The molecule has 0 aliphatic rings. The molecule has 5 heteroatoms. The topological polar surface area (TPSA) is 59.4 Å². The standard InChI is InChI=1S/C7H9NO3S/c1-11-4-5-2-6(12-8-5)3-7(9)10/h2H,3-4H2,1H3,(H,9,10). The van der Waals surface area contributed by atoms with Gasteiger partial charge in [-0.15, -0.1) is 0 Å². The number of ether oxygens (including phenoxy) is 1. The molecule has 0 saturated carbocycles. The van der Waals surface area contributed by atoms with Crippen LogP contribution in [-0.2, 0) is 22.6 Å². The first-order valence-corrected chi connectivity index (χ1v) is 4.15. The van der Waals surface area contributed by atoms with Crippen molar-refractivity contribution in [2.24, 2.45) is 0 Å². The van der Waals surface area contributed by atoms with Crippen molar-refractivity contribution in [1.82, 2.24) is 4.37 Å². The predicted molar refractivity (Wildman–Crippen MR) is 44.2 cm³/mol. The summed E-state index contributed by atoms with van der Waals surface area (Å²) in [6.07, 6.45) is 0.0430. The second kappa shape index (κ2) is 4.18. The molecule has 66 valence electrons. The fraction of sp³-hybridized carbons (Fsp3) is 0.429. The molecule has 0 fully saturated rings. The molecule has 1 rings (SSSR count). The summed E-state index contributed by atoms with van der Waals surface area (Å²) in [4.78, 5) is 11.0. The summed E-state index contributed by atoms with van der Waals surface area (Å²) in [6, 6.07) is 1.75. The second-order valence-corrected chi connectivity index (χ2v) is 3.18. The molecule has 0 spiro atoms. The minimum absolute atomic E-state index is 0.0430. The van der Waals surface area contributed by atoms with Crippen LogP contribution in [0, 0.1) is 0 Å². The molecule has 0 saturated heterocycles. The highest BCUT2D eigenvalue weighted by Gasteiger charge is 2.05. The zero-order valence-electron chi connectivity index (χ0n) is 6.61. The summed E-state index contributed by atoms with van der Waals surface area (Å²) in [5.74, 6) is -0.831. The predicted octanol–water partition coefficient (Wildman–Crippen LogP) is 0.917. The summed E-state index contributed by atoms with van der Waals surface area (Å²) < 4.78 is 8.86. The number of aliphatic carboxylic acids is 1. The molecule has 0 aliphatic heterocycles. The Morgan fingerprint density at radius 2 is 2.58 bits per heavy atom. The molecule has 1 aromatic heterocycles. The molecule has 1 heterocycles. The smallest absolute Gasteiger partial charge is 0.308 e. The van der Waals surface area contributed by atoms with Gasteiger partial charge in [-0.05, 0) is 17.6 Å². The second-order valence-electron chi connectivity index (χ2n) is 2.29. The molecule has 4 nitrogen and oxygen atoms in total. The zero-order chi connectivity index (χ0) is 8.97. The highest BCUT2D eigenvalue weighted by atomic mass is 32.1. The molecule has 0 aliphatic carbocycles. The van der Waals surface area contributed by atoms with E-state index in [4.69, 9.17) is 9.84 Å². The molecule has 0 bridgehead atoms. The first kappa shape index (κ1) is 9.15. The van der Waals surface area contributed by atoms with Crippen molar-refractivity contribution in [1.29, 1.82) is 0 Å². The molecular weight excluding hydrogens is 178 g/mol. The molecule has 1 N–H and O–H groups in total. The van der Waals surface area contributed by atoms with Crippen LogP contribution >= 0.6 is 11.5 Å². The van der Waals surface area contributed by atoms with Gasteiger partial charge in [-0.3, -0.25) is 4.79 Å². The van der Waals surface area contributed by atoms with Crippen LogP contribution in [0.25, 0.3) is 0 Å². The lowest BCUT2D eigenvalue weighted by molar-refractivity contribution is -0.136. The molecule has 12 heavy (non-hydrogen) atoms. The van der Waals surface area contributed by atoms with E-state index in [0.29, 0.717) is 6.61 Å². The van der Waals surface area contributed by atoms with E-state index in [0.717, 1.165) is 10.6 Å². The van der Waals surface area contributed by atoms with Gasteiger partial charge in [-0.1, -0.05) is 0 Å². The van der Waals surface area contributed by atoms with E-state index in [2.05, 4.69) is 4.37 Å². The van der Waals surface area contributed by atoms with Crippen molar-refractivity contribution in [3.63, 3.8) is 0 Å². The molecule has 0 radical (unpaired) electrons. The summed E-state index contributed by atoms with van der Waals surface area (Å²) in [5, 5.41) is 8.45. The van der Waals surface area contributed by atoms with E-state index in [9.17, 15) is 4.79 Å². The van der Waals surface area contributed by atoms with Gasteiger partial charge >= 0.3 is 5.97 Å². The molecule has 0 amide bonds. The first-order valence-electron chi connectivity index (χ1n) is 3.37. The van der Waals surface area contributed by atoms with Crippen LogP contribution in [0.4, 0.5) is 0 Å². The Labute approximate surface area is 74.0 Å². The van der Waals surface area contributed by atoms with Gasteiger partial charge in [0, 0.05) is 12.0 Å². The van der Waals surface area contributed by atoms with Crippen molar-refractivity contribution in [2.75, 3.05) is 7.11 Å². The normalized spacial score (nSPS) is 10.1. The number of methoxy groups -OCH3 is 1. The molecule has 0 unspecified atom stereocenters. The number of carboxylic acid groups (broad SMARTS) is 1. The van der Waals surface area contributed by atoms with Gasteiger partial charge in [0.1, 0.15) is 0 Å². The summed E-state index contributed by atoms with van der Waals surface area (Å²) in [7, 11) is 1.58. The molecule has 0 aromatic carbocycles. The van der Waals surface area contributed by atoms with Gasteiger partial charge < -0.3 is 9.84 Å². The Kier molecular flexibility index (Phi) is 3.19. The summed E-state index contributed by atoms with van der Waals surface area (Å²) >= 11 is 1.21. The average Bonchev–Trinajstić information content (AvgIpc) is 2.36. The monoisotopic (exact) mass is 187 g/mol. The van der Waals surface area contributed by atoms with E-state index < -0.39 is 5.97 Å². The van der Waals surface area contributed by atoms with Gasteiger partial charge in [-0.25, -0.2) is 0 Å². The Balaban J connectivity index is 2.58. The van der Waals surface area contributed by atoms with Crippen molar-refractivity contribution in [3.8, 4) is 0 Å². The van der Waals surface area contributed by atoms with E-state index in [-0.39, 0.29) is 6.42 Å². The number of hydrogen-bond acceptors (Lipinski definition) is 4. The third-order valence-electron chi connectivity index (χ3n) is 1.23. The van der Waals surface area contributed by atoms with Crippen molar-refractivity contribution >= 4 is 17.5 Å². The summed E-state index contributed by atoms with van der Waals surface area (Å²) in [5.41, 5.74) is 0.791. The van der Waals surface area contributed by atoms with Gasteiger partial charge in [0.25, 0.3) is 0 Å². The van der Waals surface area contributed by atoms with Gasteiger partial charge in [0.2, 0.25) is 0 Å². The minimum Gasteiger partial charge on any atom is -0.481 e. The Morgan fingerprint density at radius 1 is 1.83 bits per heavy atom. The van der Waals surface area contributed by atoms with Crippen LogP contribution in [0.15, 0.2) is 6.07 Å². The third kappa shape index (κ3) is 2.60. The third-order valence-corrected chi connectivity index (χ3v) is 2.05. The highest BCUT2D eigenvalue weighted by Crippen LogP contribution is 2.11. The first-order chi connectivity index (χ1) is 5.72. The van der Waals surface area contributed by atoms with E-state index in [1.165, 1.54) is 11.5 Å². The van der Waals surface area contributed by atoms with Gasteiger partial charge in [0.15, 0.2) is 0 Å². The fourth-order valence-electron chi connectivity index (χ4n) is 0.804. The quantitative estimate of drug-likeness (QED) is 0.761. The van der Waals surface area contributed by atoms with Crippen molar-refractivity contribution in [2.45, 2.75) is 13.0 Å². The number of carbonyl (C=O) groups is 1. The van der Waals surface area contributed by atoms with E-state index in [1.54, 1.807) is 13.2 Å². The maximum atomic E-state index is 10.3. The fourth-order valence-corrected chi connectivity index (χ4v) is 1.52. The summed E-state index contributed by atoms with van der Waals surface area (Å²) in [6.45, 7) is 0.441. The van der Waals surface area contributed by atoms with Crippen LogP contribution in [0.2, 0.25) is 0 Å². The zero-order valence-corrected chi connectivity index (χ0v) is 7.43. The SMILES string of the molecule is COCc1cc(CC(=O)O)sn1. The maximum absolute atomic E-state index is 10.3. The van der Waals surface area contributed by atoms with Gasteiger partial charge in [-0.2, -0.15) is 4.37 Å². The van der Waals surface area contributed by atoms with Crippen molar-refractivity contribution in [3.05, 3.63) is 16.6 Å². The number of hydrogen-bond donors (Lipinski definition) is 1. The minimum atomic E-state index is -0.831. The van der Waals surface area contributed by atoms with Gasteiger partial charge in [0.05, 0.1) is 18.7 Å². The van der Waals surface area contributed by atoms with E-state index in [1.807, 2.05) is 0 Å². The lowest BCUT2D eigenvalue weighted by Crippen LogP contribution is -1.97. The molecule has 0 atom stereocenters. The van der Waals surface area contributed by atoms with Crippen LogP contribution in [0.3, 0.4) is 0 Å². The highest BCUT2D eigenvalue weighted by molar-refractivity contribution is 7.05. The Bertz CT molecular complexity index is 271. The number of nitrogens with zero attached hydrogens (tertiary/aromatic N) is 1. The number of carboxylic acids is 1.